The van der Waals surface area contributed by atoms with Crippen molar-refractivity contribution >= 4 is 11.9 Å². The molecule has 0 amide bonds. The van der Waals surface area contributed by atoms with Crippen LogP contribution < -0.4 is 42.6 Å². The summed E-state index contributed by atoms with van der Waals surface area (Å²) in [6.45, 7) is 11.1. The predicted octanol–water partition coefficient (Wildman–Crippen LogP) is 11.1. The largest absolute Gasteiger partial charge is 0.504 e. The maximum atomic E-state index is 11.6. The van der Waals surface area contributed by atoms with Crippen LogP contribution in [-0.4, -0.2) is 253 Å². The Labute approximate surface area is 724 Å². The van der Waals surface area contributed by atoms with Crippen molar-refractivity contribution in [2.45, 2.75) is 240 Å². The number of rotatable bonds is 10. The number of phenolic OH excluding ortho intramolecular Hbond substituents is 1. The van der Waals surface area contributed by atoms with Crippen LogP contribution in [0.5, 0.6) is 57.5 Å². The number of carbonyl (C=O) groups is 2. The molecule has 6 N–H and O–H groups in total. The van der Waals surface area contributed by atoms with E-state index in [1.165, 1.54) is 57.0 Å². The lowest BCUT2D eigenvalue weighted by molar-refractivity contribution is -0.328. The van der Waals surface area contributed by atoms with Crippen molar-refractivity contribution in [2.75, 3.05) is 94.9 Å². The number of carbonyl (C=O) groups excluding carboxylic acids is 1. The summed E-state index contributed by atoms with van der Waals surface area (Å²) < 4.78 is 53.8. The molecule has 15 unspecified atom stereocenters. The Morgan fingerprint density at radius 1 is 0.398 bits per heavy atom. The number of aliphatic hydroxyl groups is 4. The van der Waals surface area contributed by atoms with Crippen LogP contribution in [0.1, 0.15) is 146 Å². The number of carboxylic acids is 1. The van der Waals surface area contributed by atoms with E-state index in [-0.39, 0.29) is 113 Å². The fraction of sp³-hybridized carbons (Fsp3) is 0.576. The molecule has 25 atom stereocenters. The molecule has 25 rings (SSSR count). The molecule has 5 spiro atoms. The lowest BCUT2D eigenvalue weighted by atomic mass is 9.53. The predicted molar refractivity (Wildman–Crippen MR) is 468 cm³/mol. The van der Waals surface area contributed by atoms with E-state index in [0.29, 0.717) is 96.0 Å². The molecule has 24 nitrogen and oxygen atoms in total. The molecule has 24 heteroatoms. The Morgan fingerprint density at radius 2 is 0.699 bits per heavy atom. The third-order valence-corrected chi connectivity index (χ3v) is 32.1. The van der Waals surface area contributed by atoms with Gasteiger partial charge in [-0.05, 0) is 204 Å². The number of hydrogen-bond donors (Lipinski definition) is 6. The lowest BCUT2D eigenvalue weighted by Crippen LogP contribution is -2.65. The summed E-state index contributed by atoms with van der Waals surface area (Å²) in [5.74, 6) is 7.05. The molecule has 10 aliphatic carbocycles. The molecule has 0 aromatic heterocycles. The topological polar surface area (TPSA) is 273 Å². The number of piperidine rings is 5. The van der Waals surface area contributed by atoms with Gasteiger partial charge in [0.1, 0.15) is 61.0 Å². The maximum absolute atomic E-state index is 11.6. The first-order valence-electron chi connectivity index (χ1n) is 43.0. The summed E-state index contributed by atoms with van der Waals surface area (Å²) in [5, 5.41) is 61.3. The Bertz CT molecular complexity index is 5110. The van der Waals surface area contributed by atoms with Crippen LogP contribution in [0.15, 0.2) is 121 Å². The zero-order valence-electron chi connectivity index (χ0n) is 68.5. The molecular formula is C99H129N5O19. The molecule has 10 bridgehead atoms. The molecule has 5 saturated heterocycles. The SMILES string of the molecule is C.C.C.C.C.CCOOC1C=CC2[C@H]3Cc4ccc(OC(C)=O)c5c4[C@@]2(CCN3C)C1O5.CCOc1ccc2c3c1OC1C(O)C=CC4[C@@H](C2)N(C)CC[C@]314.CN1CC[C@]23c4c5ccc(O)c4OC2C(O)C=CC3[C@H]1C5.CN1CC[C@]23c4c5ccc(OCC(=O)O)c4OC2C(O)C=CC3[C@H]1C5.COc1ccc2c3c1OC1C(O)C=CC4[C@@H](C2)N(C)CC[C@]314. The standard InChI is InChI=1S/C21H25NO5.C19H21NO5.C19H23NO3.C18H21NO3.C17H19NO3.5CH4/c1-4-24-27-17-8-6-14-15-11-13-5-7-16(25-12(2)23)19-18(13)21(14,20(17)26-19)9-10-22(15)3;1-20-7-6-19-11-3-4-13(21)18(19)25-17-14(24-9-15(22)23)5-2-10(16(17)19)8-12(11)20;1-3-22-15-7-4-11-10-13-12-5-6-14(21)18-19(12,8-9-20(13)2)16(11)17(15)23-18;1-19-8-7-18-11-4-5-13(20)17(18)22-16-14(21-2)6-3-10(15(16)18)9-12(11)19;1-18-7-6-17-10-3-5-13(20)16(17)21-15-12(19)4-2-9(14(15)17)8-11(10)18;;;;;/h5-8,14-15,17,20H,4,9-11H2,1-3H3;2-5,11-13,18,21H,6-9H2,1H3,(H,22,23);4-7,12-14,18,21H,3,8-10H2,1-2H3;3-6,11-13,17,20H,7-9H2,1-2H3;2-5,10-11,13,16,19-20H,6-8H2,1H3;5*1H4/t14?,15-,17?,20?,21+;11?,12-,13?,18?,19+;12?,13-,14?,18?,19+;11?,12-,13?,17?,18+;10?,11-,13?,16?,17+;;;;;/m11111...../s1. The zero-order chi connectivity index (χ0) is 81.3. The van der Waals surface area contributed by atoms with Crippen LogP contribution in [0, 0.1) is 29.6 Å². The molecule has 10 heterocycles. The number of carboxylic acid groups (broad SMARTS) is 1. The molecule has 5 fully saturated rings. The van der Waals surface area contributed by atoms with Gasteiger partial charge < -0.3 is 97.8 Å². The number of benzene rings is 5. The van der Waals surface area contributed by atoms with Gasteiger partial charge in [0.05, 0.1) is 20.3 Å². The van der Waals surface area contributed by atoms with E-state index in [1.54, 1.807) is 19.2 Å². The second-order valence-corrected chi connectivity index (χ2v) is 37.0. The van der Waals surface area contributed by atoms with Crippen molar-refractivity contribution in [3.05, 3.63) is 177 Å². The number of likely N-dealkylation sites (tertiary alicyclic amines) is 5. The minimum Gasteiger partial charge on any atom is -0.504 e. The van der Waals surface area contributed by atoms with Crippen LogP contribution in [0.4, 0.5) is 0 Å². The van der Waals surface area contributed by atoms with Crippen LogP contribution in [-0.2, 0) is 78.5 Å². The fourth-order valence-electron chi connectivity index (χ4n) is 27.3. The minimum absolute atomic E-state index is 0. The van der Waals surface area contributed by atoms with Crippen molar-refractivity contribution < 1.29 is 92.6 Å². The highest BCUT2D eigenvalue weighted by molar-refractivity contribution is 5.74. The molecule has 664 valence electrons. The van der Waals surface area contributed by atoms with Crippen molar-refractivity contribution in [3.8, 4) is 57.5 Å². The van der Waals surface area contributed by atoms with E-state index in [2.05, 4.69) is 114 Å². The lowest BCUT2D eigenvalue weighted by Gasteiger charge is -2.56. The number of esters is 1. The smallest absolute Gasteiger partial charge is 0.341 e. The number of phenols is 1. The number of hydrogen-bond acceptors (Lipinski definition) is 23. The van der Waals surface area contributed by atoms with E-state index in [9.17, 15) is 35.1 Å². The summed E-state index contributed by atoms with van der Waals surface area (Å²) in [5.41, 5.74) is 12.0. The number of nitrogens with zero attached hydrogens (tertiary/aromatic N) is 5. The summed E-state index contributed by atoms with van der Waals surface area (Å²) in [4.78, 5) is 45.7. The summed E-state index contributed by atoms with van der Waals surface area (Å²) >= 11 is 0. The number of aromatic hydroxyl groups is 1. The second-order valence-electron chi connectivity index (χ2n) is 37.0. The molecule has 123 heavy (non-hydrogen) atoms. The van der Waals surface area contributed by atoms with Crippen molar-refractivity contribution in [1.82, 2.24) is 24.5 Å². The van der Waals surface area contributed by atoms with Crippen LogP contribution in [0.25, 0.3) is 0 Å². The Hall–Kier alpha value is -8.50. The number of aliphatic carboxylic acids is 1. The van der Waals surface area contributed by atoms with Crippen molar-refractivity contribution in [3.63, 3.8) is 0 Å². The highest BCUT2D eigenvalue weighted by atomic mass is 17.2. The van der Waals surface area contributed by atoms with Gasteiger partial charge in [0.2, 0.25) is 0 Å². The van der Waals surface area contributed by atoms with Gasteiger partial charge in [-0.2, -0.15) is 0 Å². The molecule has 0 radical (unpaired) electrons. The van der Waals surface area contributed by atoms with Crippen LogP contribution in [0.2, 0.25) is 0 Å². The van der Waals surface area contributed by atoms with E-state index in [1.807, 2.05) is 68.5 Å². The third kappa shape index (κ3) is 12.2. The van der Waals surface area contributed by atoms with E-state index in [4.69, 9.17) is 57.5 Å². The van der Waals surface area contributed by atoms with Gasteiger partial charge in [-0.15, -0.1) is 0 Å². The summed E-state index contributed by atoms with van der Waals surface area (Å²) in [6.07, 6.45) is 27.0. The van der Waals surface area contributed by atoms with E-state index < -0.39 is 37.0 Å². The zero-order valence-corrected chi connectivity index (χ0v) is 68.5. The summed E-state index contributed by atoms with van der Waals surface area (Å²) in [6, 6.07) is 22.3. The van der Waals surface area contributed by atoms with Crippen LogP contribution in [0.3, 0.4) is 0 Å². The first kappa shape index (κ1) is 88.0. The highest BCUT2D eigenvalue weighted by Crippen LogP contribution is 2.69. The molecular weight excluding hydrogens is 1560 g/mol. The number of aliphatic hydroxyl groups excluding tert-OH is 4. The van der Waals surface area contributed by atoms with E-state index >= 15 is 0 Å². The number of methoxy groups -OCH3 is 1. The molecule has 10 aliphatic heterocycles. The Balaban J connectivity index is 0.000000113. The fourth-order valence-corrected chi connectivity index (χ4v) is 27.3. The monoisotopic (exact) mass is 1690 g/mol. The van der Waals surface area contributed by atoms with Gasteiger partial charge in [0.25, 0.3) is 0 Å². The average molecular weight is 1690 g/mol. The number of ether oxygens (including phenoxy) is 9. The highest BCUT2D eigenvalue weighted by Gasteiger charge is 2.70. The van der Waals surface area contributed by atoms with Gasteiger partial charge in [0.15, 0.2) is 64.1 Å². The first-order valence-corrected chi connectivity index (χ1v) is 43.0. The second kappa shape index (κ2) is 32.1. The van der Waals surface area contributed by atoms with Gasteiger partial charge >= 0.3 is 11.9 Å². The summed E-state index contributed by atoms with van der Waals surface area (Å²) in [7, 11) is 12.7. The Kier molecular flexibility index (Phi) is 23.0. The molecule has 0 saturated carbocycles. The van der Waals surface area contributed by atoms with Crippen LogP contribution >= 0.6 is 0 Å². The average Bonchev–Trinajstić information content (AvgIpc) is 1.60. The maximum Gasteiger partial charge on any atom is 0.341 e. The minimum atomic E-state index is -1.02. The Morgan fingerprint density at radius 3 is 1.05 bits per heavy atom. The van der Waals surface area contributed by atoms with E-state index in [0.717, 1.165) is 131 Å². The number of likely N-dealkylation sites (N-methyl/N-ethyl adjacent to an activating group) is 5. The molecule has 5 aromatic carbocycles. The van der Waals surface area contributed by atoms with Gasteiger partial charge in [-0.3, -0.25) is 4.79 Å². The van der Waals surface area contributed by atoms with Gasteiger partial charge in [0, 0.05) is 122 Å². The van der Waals surface area contributed by atoms with Crippen molar-refractivity contribution in [1.29, 1.82) is 0 Å². The third-order valence-electron chi connectivity index (χ3n) is 32.1. The molecule has 5 aromatic rings. The molecule has 20 aliphatic rings. The van der Waals surface area contributed by atoms with Gasteiger partial charge in [-0.25, -0.2) is 14.6 Å². The normalized spacial score (nSPS) is 37.4. The first-order chi connectivity index (χ1) is 57.0. The van der Waals surface area contributed by atoms with Gasteiger partial charge in [-0.1, -0.05) is 128 Å². The van der Waals surface area contributed by atoms with Crippen molar-refractivity contribution in [2.24, 2.45) is 29.6 Å². The quantitative estimate of drug-likeness (QED) is 0.0249.